The zero-order valence-corrected chi connectivity index (χ0v) is 10.5. The van der Waals surface area contributed by atoms with E-state index in [1.165, 1.54) is 0 Å². The van der Waals surface area contributed by atoms with E-state index in [0.29, 0.717) is 12.1 Å². The molecule has 1 saturated heterocycles. The average molecular weight is 229 g/mol. The van der Waals surface area contributed by atoms with E-state index < -0.39 is 0 Å². The van der Waals surface area contributed by atoms with Crippen LogP contribution in [0.1, 0.15) is 30.9 Å². The second kappa shape index (κ2) is 5.20. The van der Waals surface area contributed by atoms with Crippen LogP contribution in [0.25, 0.3) is 0 Å². The molecular formula is C14H19N3. The van der Waals surface area contributed by atoms with Crippen molar-refractivity contribution in [2.45, 2.75) is 38.8 Å². The van der Waals surface area contributed by atoms with Crippen LogP contribution in [0.5, 0.6) is 0 Å². The van der Waals surface area contributed by atoms with E-state index in [2.05, 4.69) is 23.6 Å². The second-order valence-electron chi connectivity index (χ2n) is 4.88. The molecular weight excluding hydrogens is 210 g/mol. The summed E-state index contributed by atoms with van der Waals surface area (Å²) < 4.78 is 0. The van der Waals surface area contributed by atoms with E-state index in [1.54, 1.807) is 0 Å². The number of hydrogen-bond donors (Lipinski definition) is 2. The van der Waals surface area contributed by atoms with Crippen molar-refractivity contribution in [1.82, 2.24) is 5.32 Å². The first-order valence-electron chi connectivity index (χ1n) is 6.19. The highest BCUT2D eigenvalue weighted by atomic mass is 15.0. The molecule has 0 aromatic heterocycles. The molecule has 2 N–H and O–H groups in total. The summed E-state index contributed by atoms with van der Waals surface area (Å²) in [5.41, 5.74) is 2.85. The number of nitrogens with one attached hydrogen (secondary N) is 2. The Bertz CT molecular complexity index is 434. The quantitative estimate of drug-likeness (QED) is 0.818. The van der Waals surface area contributed by atoms with E-state index in [4.69, 9.17) is 5.26 Å². The van der Waals surface area contributed by atoms with Crippen LogP contribution in [0.4, 0.5) is 5.69 Å². The molecule has 0 spiro atoms. The van der Waals surface area contributed by atoms with Crippen LogP contribution in [0.15, 0.2) is 18.2 Å². The Kier molecular flexibility index (Phi) is 3.65. The summed E-state index contributed by atoms with van der Waals surface area (Å²) in [5.74, 6) is 0. The third-order valence-corrected chi connectivity index (χ3v) is 3.28. The molecule has 0 saturated carbocycles. The van der Waals surface area contributed by atoms with E-state index in [0.717, 1.165) is 36.2 Å². The number of hydrogen-bond acceptors (Lipinski definition) is 3. The standard InChI is InChI=1S/C14H19N3/c1-10-3-4-14(12(7-10)9-15)17-13-5-6-16-11(2)8-13/h3-4,7,11,13,16-17H,5-6,8H2,1-2H3. The Morgan fingerprint density at radius 2 is 2.29 bits per heavy atom. The van der Waals surface area contributed by atoms with Crippen molar-refractivity contribution in [2.24, 2.45) is 0 Å². The van der Waals surface area contributed by atoms with Crippen LogP contribution in [0.3, 0.4) is 0 Å². The minimum Gasteiger partial charge on any atom is -0.381 e. The highest BCUT2D eigenvalue weighted by molar-refractivity contribution is 5.59. The normalized spacial score (nSPS) is 24.1. The summed E-state index contributed by atoms with van der Waals surface area (Å²) in [6, 6.07) is 9.29. The molecule has 90 valence electrons. The monoisotopic (exact) mass is 229 g/mol. The predicted octanol–water partition coefficient (Wildman–Crippen LogP) is 2.42. The Morgan fingerprint density at radius 1 is 1.47 bits per heavy atom. The molecule has 1 aliphatic heterocycles. The van der Waals surface area contributed by atoms with Crippen molar-refractivity contribution >= 4 is 5.69 Å². The highest BCUT2D eigenvalue weighted by Crippen LogP contribution is 2.20. The van der Waals surface area contributed by atoms with Crippen LogP contribution in [0.2, 0.25) is 0 Å². The molecule has 3 nitrogen and oxygen atoms in total. The molecule has 0 radical (unpaired) electrons. The lowest BCUT2D eigenvalue weighted by Crippen LogP contribution is -2.41. The fourth-order valence-corrected chi connectivity index (χ4v) is 2.36. The first kappa shape index (κ1) is 11.9. The lowest BCUT2D eigenvalue weighted by atomic mass is 9.99. The smallest absolute Gasteiger partial charge is 0.101 e. The van der Waals surface area contributed by atoms with Gasteiger partial charge in [-0.25, -0.2) is 0 Å². The van der Waals surface area contributed by atoms with Gasteiger partial charge in [-0.1, -0.05) is 6.07 Å². The van der Waals surface area contributed by atoms with Gasteiger partial charge in [-0.05, 0) is 50.9 Å². The number of nitriles is 1. The molecule has 2 atom stereocenters. The van der Waals surface area contributed by atoms with Crippen molar-refractivity contribution in [1.29, 1.82) is 5.26 Å². The van der Waals surface area contributed by atoms with Gasteiger partial charge < -0.3 is 10.6 Å². The summed E-state index contributed by atoms with van der Waals surface area (Å²) in [6.45, 7) is 5.26. The fraction of sp³-hybridized carbons (Fsp3) is 0.500. The molecule has 1 aliphatic rings. The highest BCUT2D eigenvalue weighted by Gasteiger charge is 2.18. The van der Waals surface area contributed by atoms with E-state index in [1.807, 2.05) is 25.1 Å². The minimum atomic E-state index is 0.473. The van der Waals surface area contributed by atoms with Gasteiger partial charge in [-0.15, -0.1) is 0 Å². The topological polar surface area (TPSA) is 47.8 Å². The number of piperidine rings is 1. The van der Waals surface area contributed by atoms with Crippen molar-refractivity contribution in [3.05, 3.63) is 29.3 Å². The Balaban J connectivity index is 2.10. The third-order valence-electron chi connectivity index (χ3n) is 3.28. The molecule has 2 unspecified atom stereocenters. The summed E-state index contributed by atoms with van der Waals surface area (Å²) >= 11 is 0. The molecule has 2 rings (SSSR count). The zero-order valence-electron chi connectivity index (χ0n) is 10.5. The van der Waals surface area contributed by atoms with Gasteiger partial charge in [-0.3, -0.25) is 0 Å². The van der Waals surface area contributed by atoms with Gasteiger partial charge in [0.2, 0.25) is 0 Å². The summed E-state index contributed by atoms with van der Waals surface area (Å²) in [5, 5.41) is 16.0. The molecule has 1 aromatic rings. The van der Waals surface area contributed by atoms with Gasteiger partial charge >= 0.3 is 0 Å². The zero-order chi connectivity index (χ0) is 12.3. The van der Waals surface area contributed by atoms with Gasteiger partial charge in [0.1, 0.15) is 6.07 Å². The van der Waals surface area contributed by atoms with Crippen LogP contribution in [0, 0.1) is 18.3 Å². The van der Waals surface area contributed by atoms with E-state index >= 15 is 0 Å². The van der Waals surface area contributed by atoms with E-state index in [-0.39, 0.29) is 0 Å². The maximum Gasteiger partial charge on any atom is 0.101 e. The van der Waals surface area contributed by atoms with E-state index in [9.17, 15) is 0 Å². The molecule has 17 heavy (non-hydrogen) atoms. The number of nitrogens with zero attached hydrogens (tertiary/aromatic N) is 1. The van der Waals surface area contributed by atoms with Crippen molar-refractivity contribution in [3.63, 3.8) is 0 Å². The molecule has 0 amide bonds. The first-order valence-corrected chi connectivity index (χ1v) is 6.19. The van der Waals surface area contributed by atoms with Gasteiger partial charge in [0, 0.05) is 12.1 Å². The Morgan fingerprint density at radius 3 is 3.00 bits per heavy atom. The van der Waals surface area contributed by atoms with Gasteiger partial charge in [0.25, 0.3) is 0 Å². The number of aryl methyl sites for hydroxylation is 1. The third kappa shape index (κ3) is 2.98. The lowest BCUT2D eigenvalue weighted by molar-refractivity contribution is 0.396. The predicted molar refractivity (Wildman–Crippen MR) is 70.0 cm³/mol. The Hall–Kier alpha value is -1.53. The summed E-state index contributed by atoms with van der Waals surface area (Å²) in [4.78, 5) is 0. The van der Waals surface area contributed by atoms with Crippen LogP contribution in [-0.4, -0.2) is 18.6 Å². The maximum absolute atomic E-state index is 9.12. The molecule has 3 heteroatoms. The minimum absolute atomic E-state index is 0.473. The first-order chi connectivity index (χ1) is 8.19. The van der Waals surface area contributed by atoms with Crippen LogP contribution < -0.4 is 10.6 Å². The van der Waals surface area contributed by atoms with Gasteiger partial charge in [0.15, 0.2) is 0 Å². The Labute approximate surface area is 103 Å². The summed E-state index contributed by atoms with van der Waals surface area (Å²) in [6.07, 6.45) is 2.22. The number of anilines is 1. The molecule has 0 aliphatic carbocycles. The van der Waals surface area contributed by atoms with Crippen molar-refractivity contribution in [2.75, 3.05) is 11.9 Å². The summed E-state index contributed by atoms with van der Waals surface area (Å²) in [7, 11) is 0. The molecule has 0 bridgehead atoms. The lowest BCUT2D eigenvalue weighted by Gasteiger charge is -2.29. The average Bonchev–Trinajstić information content (AvgIpc) is 2.31. The molecule has 1 heterocycles. The number of benzene rings is 1. The van der Waals surface area contributed by atoms with Crippen molar-refractivity contribution in [3.8, 4) is 6.07 Å². The fourth-order valence-electron chi connectivity index (χ4n) is 2.36. The second-order valence-corrected chi connectivity index (χ2v) is 4.88. The number of rotatable bonds is 2. The maximum atomic E-state index is 9.12. The van der Waals surface area contributed by atoms with Crippen molar-refractivity contribution < 1.29 is 0 Å². The van der Waals surface area contributed by atoms with Crippen LogP contribution >= 0.6 is 0 Å². The molecule has 1 fully saturated rings. The largest absolute Gasteiger partial charge is 0.381 e. The molecule has 1 aromatic carbocycles. The van der Waals surface area contributed by atoms with Gasteiger partial charge in [-0.2, -0.15) is 5.26 Å². The van der Waals surface area contributed by atoms with Gasteiger partial charge in [0.05, 0.1) is 11.3 Å². The SMILES string of the molecule is Cc1ccc(NC2CCNC(C)C2)c(C#N)c1. The van der Waals surface area contributed by atoms with Crippen LogP contribution in [-0.2, 0) is 0 Å².